The maximum atomic E-state index is 12.0. The molecule has 98 valence electrons. The number of nitro benzene ring substituents is 1. The fourth-order valence-corrected chi connectivity index (χ4v) is 1.18. The molecule has 0 bridgehead atoms. The standard InChI is InChI=1S/C10H8F3NO4/c11-10(12,13)9(16)5-8(15)6-1-3-7(4-2-6)14(17)18/h1-4,9,16H,5H2. The molecule has 0 aromatic heterocycles. The minimum absolute atomic E-state index is 0.121. The van der Waals surface area contributed by atoms with Crippen LogP contribution in [0.15, 0.2) is 24.3 Å². The minimum atomic E-state index is -4.86. The molecule has 1 rings (SSSR count). The van der Waals surface area contributed by atoms with Crippen LogP contribution in [0, 0.1) is 10.1 Å². The van der Waals surface area contributed by atoms with E-state index in [0.717, 1.165) is 24.3 Å². The zero-order valence-electron chi connectivity index (χ0n) is 8.85. The Labute approximate surface area is 99.0 Å². The van der Waals surface area contributed by atoms with Crippen molar-refractivity contribution in [2.24, 2.45) is 0 Å². The van der Waals surface area contributed by atoms with Crippen molar-refractivity contribution in [3.63, 3.8) is 0 Å². The Hall–Kier alpha value is -1.96. The predicted octanol–water partition coefficient (Wildman–Crippen LogP) is 2.09. The summed E-state index contributed by atoms with van der Waals surface area (Å²) in [6.07, 6.45) is -8.71. The van der Waals surface area contributed by atoms with Gasteiger partial charge in [0.2, 0.25) is 0 Å². The van der Waals surface area contributed by atoms with Gasteiger partial charge in [0.1, 0.15) is 0 Å². The lowest BCUT2D eigenvalue weighted by Gasteiger charge is -2.13. The van der Waals surface area contributed by atoms with Gasteiger partial charge in [-0.05, 0) is 12.1 Å². The number of hydrogen-bond donors (Lipinski definition) is 1. The number of benzene rings is 1. The Morgan fingerprint density at radius 3 is 2.22 bits per heavy atom. The Kier molecular flexibility index (Phi) is 4.02. The normalized spacial score (nSPS) is 13.1. The number of alkyl halides is 3. The maximum absolute atomic E-state index is 12.0. The molecular formula is C10H8F3NO4. The molecule has 0 saturated carbocycles. The molecule has 1 aromatic rings. The van der Waals surface area contributed by atoms with E-state index < -0.39 is 29.4 Å². The number of aliphatic hydroxyl groups excluding tert-OH is 1. The quantitative estimate of drug-likeness (QED) is 0.512. The Bertz CT molecular complexity index is 455. The second-order valence-electron chi connectivity index (χ2n) is 3.49. The number of carbonyl (C=O) groups is 1. The molecule has 0 amide bonds. The highest BCUT2D eigenvalue weighted by Gasteiger charge is 2.39. The highest BCUT2D eigenvalue weighted by Crippen LogP contribution is 2.24. The zero-order chi connectivity index (χ0) is 13.9. The van der Waals surface area contributed by atoms with Gasteiger partial charge in [0.15, 0.2) is 11.9 Å². The van der Waals surface area contributed by atoms with Crippen LogP contribution < -0.4 is 0 Å². The Morgan fingerprint density at radius 2 is 1.83 bits per heavy atom. The number of aliphatic hydroxyl groups is 1. The first-order valence-corrected chi connectivity index (χ1v) is 4.74. The third-order valence-electron chi connectivity index (χ3n) is 2.16. The Balaban J connectivity index is 2.76. The maximum Gasteiger partial charge on any atom is 0.414 e. The van der Waals surface area contributed by atoms with E-state index in [2.05, 4.69) is 0 Å². The molecular weight excluding hydrogens is 255 g/mol. The number of halogens is 3. The SMILES string of the molecule is O=C(CC(O)C(F)(F)F)c1ccc([N+](=O)[O-])cc1. The van der Waals surface area contributed by atoms with E-state index in [-0.39, 0.29) is 11.3 Å². The first kappa shape index (κ1) is 14.1. The molecule has 0 saturated heterocycles. The molecule has 0 heterocycles. The molecule has 5 nitrogen and oxygen atoms in total. The van der Waals surface area contributed by atoms with Crippen molar-refractivity contribution in [3.05, 3.63) is 39.9 Å². The van der Waals surface area contributed by atoms with Crippen LogP contribution in [0.5, 0.6) is 0 Å². The summed E-state index contributed by atoms with van der Waals surface area (Å²) in [5.74, 6) is -0.935. The second-order valence-corrected chi connectivity index (χ2v) is 3.49. The van der Waals surface area contributed by atoms with E-state index >= 15 is 0 Å². The molecule has 0 aliphatic heterocycles. The number of hydrogen-bond acceptors (Lipinski definition) is 4. The Morgan fingerprint density at radius 1 is 1.33 bits per heavy atom. The summed E-state index contributed by atoms with van der Waals surface area (Å²) in [6, 6.07) is 4.10. The van der Waals surface area contributed by atoms with Gasteiger partial charge in [-0.1, -0.05) is 0 Å². The van der Waals surface area contributed by atoms with Crippen molar-refractivity contribution in [3.8, 4) is 0 Å². The van der Waals surface area contributed by atoms with E-state index in [0.29, 0.717) is 0 Å². The average molecular weight is 263 g/mol. The van der Waals surface area contributed by atoms with Gasteiger partial charge >= 0.3 is 6.18 Å². The molecule has 0 radical (unpaired) electrons. The number of non-ortho nitro benzene ring substituents is 1. The van der Waals surface area contributed by atoms with Crippen molar-refractivity contribution in [1.82, 2.24) is 0 Å². The molecule has 1 aromatic carbocycles. The van der Waals surface area contributed by atoms with Gasteiger partial charge in [0.05, 0.1) is 4.92 Å². The second kappa shape index (κ2) is 5.13. The predicted molar refractivity (Wildman–Crippen MR) is 54.1 cm³/mol. The van der Waals surface area contributed by atoms with Crippen LogP contribution in [-0.2, 0) is 0 Å². The number of nitro groups is 1. The average Bonchev–Trinajstić information content (AvgIpc) is 2.27. The van der Waals surface area contributed by atoms with Gasteiger partial charge in [0, 0.05) is 24.1 Å². The highest BCUT2D eigenvalue weighted by molar-refractivity contribution is 5.96. The van der Waals surface area contributed by atoms with Gasteiger partial charge in [-0.25, -0.2) is 0 Å². The molecule has 1 unspecified atom stereocenters. The highest BCUT2D eigenvalue weighted by atomic mass is 19.4. The third-order valence-corrected chi connectivity index (χ3v) is 2.16. The largest absolute Gasteiger partial charge is 0.414 e. The number of ketones is 1. The van der Waals surface area contributed by atoms with Crippen molar-refractivity contribution in [2.75, 3.05) is 0 Å². The number of Topliss-reactive ketones (excluding diaryl/α,β-unsaturated/α-hetero) is 1. The van der Waals surface area contributed by atoms with E-state index in [1.807, 2.05) is 0 Å². The summed E-state index contributed by atoms with van der Waals surface area (Å²) in [5.41, 5.74) is -0.396. The fraction of sp³-hybridized carbons (Fsp3) is 0.300. The van der Waals surface area contributed by atoms with Crippen molar-refractivity contribution >= 4 is 11.5 Å². The van der Waals surface area contributed by atoms with Crippen LogP contribution in [0.1, 0.15) is 16.8 Å². The molecule has 18 heavy (non-hydrogen) atoms. The lowest BCUT2D eigenvalue weighted by atomic mass is 10.0. The minimum Gasteiger partial charge on any atom is -0.383 e. The van der Waals surface area contributed by atoms with Gasteiger partial charge in [-0.2, -0.15) is 13.2 Å². The summed E-state index contributed by atoms with van der Waals surface area (Å²) in [5, 5.41) is 19.0. The van der Waals surface area contributed by atoms with Crippen LogP contribution in [-0.4, -0.2) is 28.1 Å². The number of rotatable bonds is 4. The summed E-state index contributed by atoms with van der Waals surface area (Å²) >= 11 is 0. The lowest BCUT2D eigenvalue weighted by molar-refractivity contribution is -0.384. The molecule has 1 N–H and O–H groups in total. The lowest BCUT2D eigenvalue weighted by Crippen LogP contribution is -2.30. The first-order chi connectivity index (χ1) is 8.21. The van der Waals surface area contributed by atoms with Gasteiger partial charge in [0.25, 0.3) is 5.69 Å². The summed E-state index contributed by atoms with van der Waals surface area (Å²) in [6.45, 7) is 0. The fourth-order valence-electron chi connectivity index (χ4n) is 1.18. The first-order valence-electron chi connectivity index (χ1n) is 4.74. The topological polar surface area (TPSA) is 80.4 Å². The number of nitrogens with zero attached hydrogens (tertiary/aromatic N) is 1. The van der Waals surface area contributed by atoms with E-state index in [9.17, 15) is 28.1 Å². The molecule has 0 spiro atoms. The van der Waals surface area contributed by atoms with Crippen LogP contribution in [0.2, 0.25) is 0 Å². The molecule has 1 atom stereocenters. The van der Waals surface area contributed by atoms with Crippen LogP contribution >= 0.6 is 0 Å². The van der Waals surface area contributed by atoms with Gasteiger partial charge in [-0.3, -0.25) is 14.9 Å². The van der Waals surface area contributed by atoms with E-state index in [1.54, 1.807) is 0 Å². The molecule has 0 aliphatic rings. The van der Waals surface area contributed by atoms with Crippen LogP contribution in [0.25, 0.3) is 0 Å². The number of carbonyl (C=O) groups excluding carboxylic acids is 1. The van der Waals surface area contributed by atoms with Crippen LogP contribution in [0.3, 0.4) is 0 Å². The third kappa shape index (κ3) is 3.52. The smallest absolute Gasteiger partial charge is 0.383 e. The van der Waals surface area contributed by atoms with Crippen LogP contribution in [0.4, 0.5) is 18.9 Å². The van der Waals surface area contributed by atoms with Crippen molar-refractivity contribution < 1.29 is 28.0 Å². The zero-order valence-corrected chi connectivity index (χ0v) is 8.85. The summed E-state index contributed by atoms with van der Waals surface area (Å²) in [7, 11) is 0. The van der Waals surface area contributed by atoms with Crippen molar-refractivity contribution in [1.29, 1.82) is 0 Å². The van der Waals surface area contributed by atoms with E-state index in [1.165, 1.54) is 0 Å². The molecule has 0 fully saturated rings. The van der Waals surface area contributed by atoms with Gasteiger partial charge < -0.3 is 5.11 Å². The summed E-state index contributed by atoms with van der Waals surface area (Å²) < 4.78 is 36.0. The van der Waals surface area contributed by atoms with E-state index in [4.69, 9.17) is 5.11 Å². The monoisotopic (exact) mass is 263 g/mol. The molecule has 0 aliphatic carbocycles. The summed E-state index contributed by atoms with van der Waals surface area (Å²) in [4.78, 5) is 21.0. The molecule has 8 heteroatoms. The van der Waals surface area contributed by atoms with Crippen molar-refractivity contribution in [2.45, 2.75) is 18.7 Å². The van der Waals surface area contributed by atoms with Gasteiger partial charge in [-0.15, -0.1) is 0 Å².